The van der Waals surface area contributed by atoms with Crippen molar-refractivity contribution in [2.45, 2.75) is 66.1 Å². The molecule has 0 N–H and O–H groups in total. The molecule has 0 aromatic heterocycles. The van der Waals surface area contributed by atoms with Gasteiger partial charge >= 0.3 is 0 Å². The SMILES string of the molecule is CC(C)CN1C[C@H](C)C(N2CC3(CN(C(C)C)C3)C2)C[C@H]1C. The van der Waals surface area contributed by atoms with Crippen LogP contribution in [0.5, 0.6) is 0 Å². The molecule has 1 spiro atoms. The Kier molecular flexibility index (Phi) is 4.61. The fourth-order valence-electron chi connectivity index (χ4n) is 5.07. The van der Waals surface area contributed by atoms with Crippen LogP contribution in [0.3, 0.4) is 0 Å². The number of hydrogen-bond acceptors (Lipinski definition) is 3. The van der Waals surface area contributed by atoms with Gasteiger partial charge in [0.2, 0.25) is 0 Å². The predicted octanol–water partition coefficient (Wildman–Crippen LogP) is 2.77. The molecule has 128 valence electrons. The van der Waals surface area contributed by atoms with Gasteiger partial charge in [-0.3, -0.25) is 9.80 Å². The van der Waals surface area contributed by atoms with Crippen molar-refractivity contribution < 1.29 is 0 Å². The van der Waals surface area contributed by atoms with Crippen LogP contribution in [-0.4, -0.2) is 72.1 Å². The van der Waals surface area contributed by atoms with Crippen LogP contribution in [-0.2, 0) is 0 Å². The van der Waals surface area contributed by atoms with Crippen molar-refractivity contribution in [3.05, 3.63) is 0 Å². The van der Waals surface area contributed by atoms with Gasteiger partial charge in [0.1, 0.15) is 0 Å². The summed E-state index contributed by atoms with van der Waals surface area (Å²) >= 11 is 0. The fraction of sp³-hybridized carbons (Fsp3) is 1.00. The molecule has 0 radical (unpaired) electrons. The molecule has 3 rings (SSSR count). The number of nitrogens with zero attached hydrogens (tertiary/aromatic N) is 3. The van der Waals surface area contributed by atoms with Crippen LogP contribution in [0.15, 0.2) is 0 Å². The second-order valence-corrected chi connectivity index (χ2v) is 9.38. The molecule has 0 saturated carbocycles. The summed E-state index contributed by atoms with van der Waals surface area (Å²) in [5.41, 5.74) is 0.669. The van der Waals surface area contributed by atoms with Crippen molar-refractivity contribution in [1.82, 2.24) is 14.7 Å². The summed E-state index contributed by atoms with van der Waals surface area (Å²) in [6.45, 7) is 22.3. The van der Waals surface area contributed by atoms with Crippen molar-refractivity contribution in [2.24, 2.45) is 17.3 Å². The van der Waals surface area contributed by atoms with Gasteiger partial charge in [-0.05, 0) is 39.0 Å². The zero-order chi connectivity index (χ0) is 16.1. The van der Waals surface area contributed by atoms with Crippen LogP contribution < -0.4 is 0 Å². The third kappa shape index (κ3) is 3.09. The zero-order valence-electron chi connectivity index (χ0n) is 15.7. The molecule has 3 heteroatoms. The van der Waals surface area contributed by atoms with Gasteiger partial charge in [0.15, 0.2) is 0 Å². The molecule has 3 heterocycles. The van der Waals surface area contributed by atoms with Gasteiger partial charge in [0.25, 0.3) is 0 Å². The van der Waals surface area contributed by atoms with Crippen LogP contribution in [0.1, 0.15) is 48.0 Å². The van der Waals surface area contributed by atoms with Gasteiger partial charge in [0, 0.05) is 62.8 Å². The summed E-state index contributed by atoms with van der Waals surface area (Å²) in [6.07, 6.45) is 1.37. The van der Waals surface area contributed by atoms with Crippen LogP contribution >= 0.6 is 0 Å². The Balaban J connectivity index is 1.49. The Morgan fingerprint density at radius 1 is 1.00 bits per heavy atom. The Morgan fingerprint density at radius 3 is 2.18 bits per heavy atom. The minimum atomic E-state index is 0.669. The lowest BCUT2D eigenvalue weighted by molar-refractivity contribution is -0.154. The van der Waals surface area contributed by atoms with Crippen LogP contribution in [0.2, 0.25) is 0 Å². The Hall–Kier alpha value is -0.120. The standard InChI is InChI=1S/C19H37N3/c1-14(2)8-20-9-16(5)18(7-17(20)6)22-12-19(13-22)10-21(11-19)15(3)4/h14-18H,7-13H2,1-6H3/t16-,17+,18?/m0/s1. The number of likely N-dealkylation sites (tertiary alicyclic amines) is 3. The van der Waals surface area contributed by atoms with Gasteiger partial charge in [-0.25, -0.2) is 0 Å². The summed E-state index contributed by atoms with van der Waals surface area (Å²) in [7, 11) is 0. The van der Waals surface area contributed by atoms with E-state index in [9.17, 15) is 0 Å². The highest BCUT2D eigenvalue weighted by Crippen LogP contribution is 2.43. The largest absolute Gasteiger partial charge is 0.300 e. The predicted molar refractivity (Wildman–Crippen MR) is 94.2 cm³/mol. The van der Waals surface area contributed by atoms with Crippen LogP contribution in [0.25, 0.3) is 0 Å². The Labute approximate surface area is 138 Å². The lowest BCUT2D eigenvalue weighted by Crippen LogP contribution is -2.75. The first-order chi connectivity index (χ1) is 10.3. The van der Waals surface area contributed by atoms with E-state index in [1.807, 2.05) is 0 Å². The van der Waals surface area contributed by atoms with Crippen LogP contribution in [0.4, 0.5) is 0 Å². The van der Waals surface area contributed by atoms with Gasteiger partial charge in [-0.2, -0.15) is 0 Å². The maximum absolute atomic E-state index is 2.81. The maximum atomic E-state index is 2.81. The van der Waals surface area contributed by atoms with Gasteiger partial charge in [-0.15, -0.1) is 0 Å². The van der Waals surface area contributed by atoms with Gasteiger partial charge < -0.3 is 4.90 Å². The topological polar surface area (TPSA) is 9.72 Å². The molecule has 0 aliphatic carbocycles. The highest BCUT2D eigenvalue weighted by Gasteiger charge is 2.54. The van der Waals surface area contributed by atoms with E-state index in [1.54, 1.807) is 0 Å². The van der Waals surface area contributed by atoms with Gasteiger partial charge in [-0.1, -0.05) is 20.8 Å². The number of rotatable bonds is 4. The van der Waals surface area contributed by atoms with Crippen molar-refractivity contribution >= 4 is 0 Å². The first-order valence-electron chi connectivity index (χ1n) is 9.52. The molecule has 3 atom stereocenters. The first-order valence-corrected chi connectivity index (χ1v) is 9.52. The molecule has 0 bridgehead atoms. The van der Waals surface area contributed by atoms with E-state index in [0.717, 1.165) is 30.0 Å². The molecule has 22 heavy (non-hydrogen) atoms. The molecule has 3 nitrogen and oxygen atoms in total. The van der Waals surface area contributed by atoms with E-state index in [2.05, 4.69) is 56.2 Å². The average molecular weight is 308 g/mol. The smallest absolute Gasteiger partial charge is 0.0212 e. The molecule has 3 aliphatic heterocycles. The lowest BCUT2D eigenvalue weighted by atomic mass is 9.70. The second kappa shape index (κ2) is 6.07. The van der Waals surface area contributed by atoms with E-state index in [1.165, 1.54) is 45.7 Å². The van der Waals surface area contributed by atoms with E-state index in [0.29, 0.717) is 5.41 Å². The molecule has 0 amide bonds. The third-order valence-corrected chi connectivity index (χ3v) is 6.34. The summed E-state index contributed by atoms with van der Waals surface area (Å²) in [6, 6.07) is 2.32. The summed E-state index contributed by atoms with van der Waals surface area (Å²) in [4.78, 5) is 8.17. The minimum absolute atomic E-state index is 0.669. The number of piperidine rings is 1. The van der Waals surface area contributed by atoms with Crippen molar-refractivity contribution in [3.63, 3.8) is 0 Å². The monoisotopic (exact) mass is 307 g/mol. The van der Waals surface area contributed by atoms with E-state index >= 15 is 0 Å². The quantitative estimate of drug-likeness (QED) is 0.791. The van der Waals surface area contributed by atoms with E-state index in [-0.39, 0.29) is 0 Å². The van der Waals surface area contributed by atoms with E-state index in [4.69, 9.17) is 0 Å². The molecule has 3 aliphatic rings. The summed E-state index contributed by atoms with van der Waals surface area (Å²) in [5, 5.41) is 0. The second-order valence-electron chi connectivity index (χ2n) is 9.38. The molecular weight excluding hydrogens is 270 g/mol. The summed E-state index contributed by atoms with van der Waals surface area (Å²) in [5.74, 6) is 1.61. The Bertz CT molecular complexity index is 378. The highest BCUT2D eigenvalue weighted by atomic mass is 15.3. The zero-order valence-corrected chi connectivity index (χ0v) is 15.7. The minimum Gasteiger partial charge on any atom is -0.300 e. The fourth-order valence-corrected chi connectivity index (χ4v) is 5.07. The molecule has 3 fully saturated rings. The molecule has 0 aromatic carbocycles. The summed E-state index contributed by atoms with van der Waals surface area (Å²) < 4.78 is 0. The Morgan fingerprint density at radius 2 is 1.64 bits per heavy atom. The molecule has 0 aromatic rings. The molecule has 1 unspecified atom stereocenters. The lowest BCUT2D eigenvalue weighted by Gasteiger charge is -2.64. The molecular formula is C19H37N3. The average Bonchev–Trinajstić information content (AvgIpc) is 2.30. The van der Waals surface area contributed by atoms with Gasteiger partial charge in [0.05, 0.1) is 0 Å². The van der Waals surface area contributed by atoms with Crippen molar-refractivity contribution in [1.29, 1.82) is 0 Å². The number of hydrogen-bond donors (Lipinski definition) is 0. The first kappa shape index (κ1) is 16.7. The molecule has 3 saturated heterocycles. The highest BCUT2D eigenvalue weighted by molar-refractivity contribution is 5.08. The third-order valence-electron chi connectivity index (χ3n) is 6.34. The van der Waals surface area contributed by atoms with Crippen molar-refractivity contribution in [3.8, 4) is 0 Å². The maximum Gasteiger partial charge on any atom is 0.0212 e. The van der Waals surface area contributed by atoms with E-state index < -0.39 is 0 Å². The van der Waals surface area contributed by atoms with Crippen molar-refractivity contribution in [2.75, 3.05) is 39.3 Å². The normalized spacial score (nSPS) is 36.8. The van der Waals surface area contributed by atoms with Crippen LogP contribution in [0, 0.1) is 17.3 Å².